The fourth-order valence-electron chi connectivity index (χ4n) is 2.05. The van der Waals surface area contributed by atoms with Crippen LogP contribution in [0.1, 0.15) is 25.0 Å². The van der Waals surface area contributed by atoms with Crippen molar-refractivity contribution in [2.75, 3.05) is 6.54 Å². The van der Waals surface area contributed by atoms with E-state index < -0.39 is 5.97 Å². The van der Waals surface area contributed by atoms with Crippen LogP contribution in [0.25, 0.3) is 11.4 Å². The number of benzene rings is 1. The van der Waals surface area contributed by atoms with Crippen molar-refractivity contribution in [2.24, 2.45) is 0 Å². The van der Waals surface area contributed by atoms with Crippen LogP contribution in [-0.4, -0.2) is 33.5 Å². The standard InChI is InChI=1S/C16H19N3O3/c20-14(7-4-8-15(21)22)17-10-9-13-11-18-16(19-13)12-5-2-1-3-6-12/h1-3,5-6,11H,4,7-10H2,(H,17,20)(H,18,19)(H,21,22). The summed E-state index contributed by atoms with van der Waals surface area (Å²) in [5.74, 6) is -0.189. The van der Waals surface area contributed by atoms with Gasteiger partial charge in [-0.3, -0.25) is 9.59 Å². The molecule has 6 heteroatoms. The molecule has 1 amide bonds. The lowest BCUT2D eigenvalue weighted by molar-refractivity contribution is -0.137. The maximum atomic E-state index is 11.5. The van der Waals surface area contributed by atoms with Gasteiger partial charge in [-0.05, 0) is 6.42 Å². The number of H-pyrrole nitrogens is 1. The average molecular weight is 301 g/mol. The van der Waals surface area contributed by atoms with Crippen LogP contribution in [0.15, 0.2) is 36.5 Å². The zero-order chi connectivity index (χ0) is 15.8. The molecule has 116 valence electrons. The van der Waals surface area contributed by atoms with Gasteiger partial charge >= 0.3 is 5.97 Å². The van der Waals surface area contributed by atoms with Crippen LogP contribution < -0.4 is 5.32 Å². The molecule has 0 aliphatic rings. The molecule has 1 heterocycles. The van der Waals surface area contributed by atoms with E-state index in [1.165, 1.54) is 0 Å². The molecule has 2 rings (SSSR count). The van der Waals surface area contributed by atoms with Gasteiger partial charge in [-0.2, -0.15) is 0 Å². The third-order valence-electron chi connectivity index (χ3n) is 3.19. The molecule has 0 aliphatic heterocycles. The van der Waals surface area contributed by atoms with Crippen LogP contribution in [0.5, 0.6) is 0 Å². The van der Waals surface area contributed by atoms with Crippen molar-refractivity contribution >= 4 is 11.9 Å². The summed E-state index contributed by atoms with van der Waals surface area (Å²) in [5.41, 5.74) is 1.97. The van der Waals surface area contributed by atoms with Crippen LogP contribution >= 0.6 is 0 Å². The number of imidazole rings is 1. The molecule has 0 aliphatic carbocycles. The Morgan fingerprint density at radius 2 is 1.95 bits per heavy atom. The minimum atomic E-state index is -0.876. The van der Waals surface area contributed by atoms with E-state index in [9.17, 15) is 9.59 Å². The summed E-state index contributed by atoms with van der Waals surface area (Å²) in [4.78, 5) is 29.4. The minimum absolute atomic E-state index is 0.0222. The van der Waals surface area contributed by atoms with E-state index in [-0.39, 0.29) is 18.7 Å². The lowest BCUT2D eigenvalue weighted by Gasteiger charge is -2.03. The first-order chi connectivity index (χ1) is 10.6. The maximum absolute atomic E-state index is 11.5. The van der Waals surface area contributed by atoms with Gasteiger partial charge in [0.2, 0.25) is 5.91 Å². The van der Waals surface area contributed by atoms with Gasteiger partial charge in [-0.1, -0.05) is 30.3 Å². The number of carboxylic acids is 1. The van der Waals surface area contributed by atoms with E-state index in [0.717, 1.165) is 17.1 Å². The first-order valence-electron chi connectivity index (χ1n) is 7.23. The number of aromatic nitrogens is 2. The molecule has 0 atom stereocenters. The van der Waals surface area contributed by atoms with Gasteiger partial charge in [-0.25, -0.2) is 4.98 Å². The smallest absolute Gasteiger partial charge is 0.303 e. The highest BCUT2D eigenvalue weighted by atomic mass is 16.4. The number of rotatable bonds is 8. The molecule has 6 nitrogen and oxygen atoms in total. The van der Waals surface area contributed by atoms with Crippen molar-refractivity contribution in [3.8, 4) is 11.4 Å². The van der Waals surface area contributed by atoms with E-state index in [1.54, 1.807) is 6.20 Å². The second kappa shape index (κ2) is 7.97. The molecule has 0 saturated carbocycles. The highest BCUT2D eigenvalue weighted by Gasteiger charge is 2.05. The van der Waals surface area contributed by atoms with E-state index in [1.807, 2.05) is 30.3 Å². The number of hydrogen-bond acceptors (Lipinski definition) is 3. The lowest BCUT2D eigenvalue weighted by atomic mass is 10.2. The molecular weight excluding hydrogens is 282 g/mol. The number of nitrogens with zero attached hydrogens (tertiary/aromatic N) is 1. The van der Waals surface area contributed by atoms with Crippen molar-refractivity contribution in [2.45, 2.75) is 25.7 Å². The maximum Gasteiger partial charge on any atom is 0.303 e. The summed E-state index contributed by atoms with van der Waals surface area (Å²) in [6, 6.07) is 9.82. The molecule has 2 aromatic rings. The first-order valence-corrected chi connectivity index (χ1v) is 7.23. The highest BCUT2D eigenvalue weighted by molar-refractivity contribution is 5.76. The van der Waals surface area contributed by atoms with Crippen molar-refractivity contribution < 1.29 is 14.7 Å². The van der Waals surface area contributed by atoms with Crippen LogP contribution in [0.2, 0.25) is 0 Å². The zero-order valence-electron chi connectivity index (χ0n) is 12.2. The van der Waals surface area contributed by atoms with Crippen molar-refractivity contribution in [3.05, 3.63) is 42.2 Å². The number of carbonyl (C=O) groups is 2. The Morgan fingerprint density at radius 1 is 1.18 bits per heavy atom. The SMILES string of the molecule is O=C(O)CCCC(=O)NCCc1cnc(-c2ccccc2)[nH]1. The molecule has 22 heavy (non-hydrogen) atoms. The van der Waals surface area contributed by atoms with Crippen LogP contribution in [-0.2, 0) is 16.0 Å². The van der Waals surface area contributed by atoms with Gasteiger partial charge in [0.25, 0.3) is 0 Å². The van der Waals surface area contributed by atoms with Gasteiger partial charge in [0.15, 0.2) is 0 Å². The Morgan fingerprint density at radius 3 is 2.68 bits per heavy atom. The Kier molecular flexibility index (Phi) is 5.71. The van der Waals surface area contributed by atoms with Crippen LogP contribution in [0.3, 0.4) is 0 Å². The van der Waals surface area contributed by atoms with Gasteiger partial charge in [0, 0.05) is 43.3 Å². The topological polar surface area (TPSA) is 95.1 Å². The second-order valence-corrected chi connectivity index (χ2v) is 4.97. The number of aromatic amines is 1. The molecule has 1 aromatic carbocycles. The Labute approximate surface area is 128 Å². The molecule has 0 saturated heterocycles. The summed E-state index contributed by atoms with van der Waals surface area (Å²) < 4.78 is 0. The van der Waals surface area contributed by atoms with Gasteiger partial charge in [0.1, 0.15) is 5.82 Å². The van der Waals surface area contributed by atoms with E-state index in [2.05, 4.69) is 15.3 Å². The van der Waals surface area contributed by atoms with Crippen LogP contribution in [0.4, 0.5) is 0 Å². The largest absolute Gasteiger partial charge is 0.481 e. The quantitative estimate of drug-likeness (QED) is 0.695. The van der Waals surface area contributed by atoms with Crippen molar-refractivity contribution in [1.29, 1.82) is 0 Å². The fraction of sp³-hybridized carbons (Fsp3) is 0.312. The van der Waals surface area contributed by atoms with Gasteiger partial charge in [0.05, 0.1) is 0 Å². The molecule has 0 unspecified atom stereocenters. The molecule has 0 radical (unpaired) electrons. The number of nitrogens with one attached hydrogen (secondary N) is 2. The van der Waals surface area contributed by atoms with E-state index in [4.69, 9.17) is 5.11 Å². The molecule has 3 N–H and O–H groups in total. The lowest BCUT2D eigenvalue weighted by Crippen LogP contribution is -2.25. The van der Waals surface area contributed by atoms with Crippen molar-refractivity contribution in [3.63, 3.8) is 0 Å². The first kappa shape index (κ1) is 15.8. The number of aliphatic carboxylic acids is 1. The number of carboxylic acid groups (broad SMARTS) is 1. The van der Waals surface area contributed by atoms with Crippen molar-refractivity contribution in [1.82, 2.24) is 15.3 Å². The normalized spacial score (nSPS) is 10.4. The summed E-state index contributed by atoms with van der Waals surface area (Å²) in [6.07, 6.45) is 3.05. The monoisotopic (exact) mass is 301 g/mol. The van der Waals surface area contributed by atoms with Gasteiger partial charge in [-0.15, -0.1) is 0 Å². The predicted molar refractivity (Wildman–Crippen MR) is 82.2 cm³/mol. The highest BCUT2D eigenvalue weighted by Crippen LogP contribution is 2.14. The van der Waals surface area contributed by atoms with E-state index in [0.29, 0.717) is 19.4 Å². The van der Waals surface area contributed by atoms with E-state index >= 15 is 0 Å². The molecular formula is C16H19N3O3. The Balaban J connectivity index is 1.73. The minimum Gasteiger partial charge on any atom is -0.481 e. The molecule has 0 spiro atoms. The summed E-state index contributed by atoms with van der Waals surface area (Å²) >= 11 is 0. The summed E-state index contributed by atoms with van der Waals surface area (Å²) in [7, 11) is 0. The molecule has 0 fully saturated rings. The Hall–Kier alpha value is -2.63. The third kappa shape index (κ3) is 5.05. The third-order valence-corrected chi connectivity index (χ3v) is 3.19. The number of amides is 1. The Bertz CT molecular complexity index is 623. The summed E-state index contributed by atoms with van der Waals surface area (Å²) in [5, 5.41) is 11.3. The number of carbonyl (C=O) groups excluding carboxylic acids is 1. The fourth-order valence-corrected chi connectivity index (χ4v) is 2.05. The van der Waals surface area contributed by atoms with Gasteiger partial charge < -0.3 is 15.4 Å². The molecule has 1 aromatic heterocycles. The second-order valence-electron chi connectivity index (χ2n) is 4.97. The zero-order valence-corrected chi connectivity index (χ0v) is 12.2. The number of hydrogen-bond donors (Lipinski definition) is 3. The molecule has 0 bridgehead atoms. The average Bonchev–Trinajstić information content (AvgIpc) is 2.97. The predicted octanol–water partition coefficient (Wildman–Crippen LogP) is 1.99. The van der Waals surface area contributed by atoms with Crippen LogP contribution in [0, 0.1) is 0 Å². The summed E-state index contributed by atoms with van der Waals surface area (Å²) in [6.45, 7) is 0.502.